The summed E-state index contributed by atoms with van der Waals surface area (Å²) in [6, 6.07) is 7.90. The molecule has 1 heterocycles. The van der Waals surface area contributed by atoms with Gasteiger partial charge in [0.25, 0.3) is 0 Å². The summed E-state index contributed by atoms with van der Waals surface area (Å²) in [5.74, 6) is 0.402. The minimum Gasteiger partial charge on any atom is -0.326 e. The number of benzene rings is 1. The van der Waals surface area contributed by atoms with Gasteiger partial charge in [-0.1, -0.05) is 30.3 Å². The smallest absolute Gasteiger partial charge is 0.154 e. The average molecular weight is 237 g/mol. The molecule has 2 N–H and O–H groups in total. The third kappa shape index (κ3) is 2.33. The minimum absolute atomic E-state index is 0.154. The third-order valence-corrected chi connectivity index (χ3v) is 4.35. The Morgan fingerprint density at radius 1 is 1.25 bits per heavy atom. The number of allylic oxidation sites excluding steroid dienone is 1. The van der Waals surface area contributed by atoms with E-state index in [9.17, 15) is 8.42 Å². The van der Waals surface area contributed by atoms with Gasteiger partial charge in [0.2, 0.25) is 0 Å². The van der Waals surface area contributed by atoms with E-state index in [0.717, 1.165) is 16.7 Å². The molecule has 0 aliphatic carbocycles. The molecule has 1 aromatic carbocycles. The quantitative estimate of drug-likeness (QED) is 0.844. The molecule has 3 nitrogen and oxygen atoms in total. The van der Waals surface area contributed by atoms with E-state index < -0.39 is 9.84 Å². The summed E-state index contributed by atoms with van der Waals surface area (Å²) >= 11 is 0. The standard InChI is InChI=1S/C12H15NO2S/c13-9-11-3-1-2-4-12(11)10-5-7-16(14,15)8-6-10/h1-5H,6-9,13H2. The van der Waals surface area contributed by atoms with E-state index in [0.29, 0.717) is 13.0 Å². The van der Waals surface area contributed by atoms with Gasteiger partial charge in [0, 0.05) is 6.54 Å². The maximum absolute atomic E-state index is 11.3. The molecule has 4 heteroatoms. The van der Waals surface area contributed by atoms with E-state index in [1.807, 2.05) is 30.3 Å². The molecule has 2 rings (SSSR count). The van der Waals surface area contributed by atoms with Crippen molar-refractivity contribution in [2.75, 3.05) is 11.5 Å². The van der Waals surface area contributed by atoms with Crippen molar-refractivity contribution in [2.24, 2.45) is 5.73 Å². The predicted molar refractivity (Wildman–Crippen MR) is 65.6 cm³/mol. The van der Waals surface area contributed by atoms with Crippen LogP contribution in [-0.2, 0) is 16.4 Å². The van der Waals surface area contributed by atoms with Crippen molar-refractivity contribution in [3.05, 3.63) is 41.5 Å². The van der Waals surface area contributed by atoms with Gasteiger partial charge in [0.15, 0.2) is 9.84 Å². The molecule has 0 amide bonds. The SMILES string of the molecule is NCc1ccccc1C1=CCS(=O)(=O)CC1. The highest BCUT2D eigenvalue weighted by Gasteiger charge is 2.18. The van der Waals surface area contributed by atoms with E-state index >= 15 is 0 Å². The van der Waals surface area contributed by atoms with Crippen LogP contribution in [0.4, 0.5) is 0 Å². The Morgan fingerprint density at radius 3 is 2.62 bits per heavy atom. The molecular formula is C12H15NO2S. The summed E-state index contributed by atoms with van der Waals surface area (Å²) in [6.07, 6.45) is 2.41. The van der Waals surface area contributed by atoms with Crippen LogP contribution in [-0.4, -0.2) is 19.9 Å². The van der Waals surface area contributed by atoms with Crippen LogP contribution in [0.5, 0.6) is 0 Å². The second-order valence-electron chi connectivity index (χ2n) is 3.95. The van der Waals surface area contributed by atoms with Crippen molar-refractivity contribution in [1.29, 1.82) is 0 Å². The second kappa shape index (κ2) is 4.39. The van der Waals surface area contributed by atoms with Gasteiger partial charge in [0.05, 0.1) is 11.5 Å². The molecule has 0 atom stereocenters. The van der Waals surface area contributed by atoms with Gasteiger partial charge in [0.1, 0.15) is 0 Å². The predicted octanol–water partition coefficient (Wildman–Crippen LogP) is 1.35. The first kappa shape index (κ1) is 11.4. The molecule has 16 heavy (non-hydrogen) atoms. The lowest BCUT2D eigenvalue weighted by molar-refractivity contribution is 0.597. The number of rotatable bonds is 2. The average Bonchev–Trinajstić information content (AvgIpc) is 2.29. The van der Waals surface area contributed by atoms with E-state index in [2.05, 4.69) is 0 Å². The van der Waals surface area contributed by atoms with Crippen LogP contribution in [0.15, 0.2) is 30.3 Å². The summed E-state index contributed by atoms with van der Waals surface area (Å²) in [6.45, 7) is 0.486. The van der Waals surface area contributed by atoms with Gasteiger partial charge >= 0.3 is 0 Å². The Kier molecular flexibility index (Phi) is 3.12. The van der Waals surface area contributed by atoms with Crippen LogP contribution in [0.3, 0.4) is 0 Å². The molecule has 0 bridgehead atoms. The van der Waals surface area contributed by atoms with Gasteiger partial charge in [-0.25, -0.2) is 8.42 Å². The third-order valence-electron chi connectivity index (χ3n) is 2.85. The highest BCUT2D eigenvalue weighted by molar-refractivity contribution is 7.91. The minimum atomic E-state index is -2.85. The Labute approximate surface area is 95.9 Å². The zero-order chi connectivity index (χ0) is 11.6. The Bertz CT molecular complexity index is 518. The molecule has 0 spiro atoms. The Morgan fingerprint density at radius 2 is 2.00 bits per heavy atom. The summed E-state index contributed by atoms with van der Waals surface area (Å²) in [5, 5.41) is 0. The van der Waals surface area contributed by atoms with Crippen molar-refractivity contribution in [2.45, 2.75) is 13.0 Å². The number of hydrogen-bond acceptors (Lipinski definition) is 3. The highest BCUT2D eigenvalue weighted by Crippen LogP contribution is 2.25. The Balaban J connectivity index is 2.36. The lowest BCUT2D eigenvalue weighted by atomic mass is 9.97. The van der Waals surface area contributed by atoms with Crippen LogP contribution in [0.2, 0.25) is 0 Å². The molecular weight excluding hydrogens is 222 g/mol. The second-order valence-corrected chi connectivity index (χ2v) is 6.18. The van der Waals surface area contributed by atoms with Crippen molar-refractivity contribution in [1.82, 2.24) is 0 Å². The molecule has 1 aliphatic heterocycles. The fraction of sp³-hybridized carbons (Fsp3) is 0.333. The lowest BCUT2D eigenvalue weighted by Crippen LogP contribution is -2.15. The molecule has 0 radical (unpaired) electrons. The zero-order valence-electron chi connectivity index (χ0n) is 9.02. The van der Waals surface area contributed by atoms with Gasteiger partial charge in [-0.05, 0) is 23.1 Å². The molecule has 0 saturated heterocycles. The topological polar surface area (TPSA) is 60.2 Å². The summed E-state index contributed by atoms with van der Waals surface area (Å²) < 4.78 is 22.6. The zero-order valence-corrected chi connectivity index (χ0v) is 9.83. The fourth-order valence-electron chi connectivity index (χ4n) is 1.93. The molecule has 0 saturated carbocycles. The molecule has 86 valence electrons. The van der Waals surface area contributed by atoms with Crippen LogP contribution in [0.1, 0.15) is 17.5 Å². The van der Waals surface area contributed by atoms with Gasteiger partial charge in [-0.3, -0.25) is 0 Å². The van der Waals surface area contributed by atoms with Crippen LogP contribution >= 0.6 is 0 Å². The van der Waals surface area contributed by atoms with Crippen LogP contribution < -0.4 is 5.73 Å². The van der Waals surface area contributed by atoms with E-state index in [-0.39, 0.29) is 11.5 Å². The molecule has 0 unspecified atom stereocenters. The van der Waals surface area contributed by atoms with Gasteiger partial charge < -0.3 is 5.73 Å². The van der Waals surface area contributed by atoms with Crippen molar-refractivity contribution in [3.63, 3.8) is 0 Å². The number of sulfone groups is 1. The maximum Gasteiger partial charge on any atom is 0.154 e. The number of nitrogens with two attached hydrogens (primary N) is 1. The van der Waals surface area contributed by atoms with Crippen molar-refractivity contribution < 1.29 is 8.42 Å². The van der Waals surface area contributed by atoms with Crippen molar-refractivity contribution in [3.8, 4) is 0 Å². The fourth-order valence-corrected chi connectivity index (χ4v) is 3.09. The first-order valence-corrected chi connectivity index (χ1v) is 7.12. The summed E-state index contributed by atoms with van der Waals surface area (Å²) in [4.78, 5) is 0. The van der Waals surface area contributed by atoms with E-state index in [1.54, 1.807) is 0 Å². The van der Waals surface area contributed by atoms with E-state index in [1.165, 1.54) is 0 Å². The van der Waals surface area contributed by atoms with Crippen LogP contribution in [0.25, 0.3) is 5.57 Å². The molecule has 1 aliphatic rings. The normalized spacial score (nSPS) is 19.2. The van der Waals surface area contributed by atoms with E-state index in [4.69, 9.17) is 5.73 Å². The van der Waals surface area contributed by atoms with Gasteiger partial charge in [-0.2, -0.15) is 0 Å². The van der Waals surface area contributed by atoms with Crippen LogP contribution in [0, 0.1) is 0 Å². The number of hydrogen-bond donors (Lipinski definition) is 1. The first-order valence-electron chi connectivity index (χ1n) is 5.30. The molecule has 1 aromatic rings. The lowest BCUT2D eigenvalue weighted by Gasteiger charge is -2.16. The first-order chi connectivity index (χ1) is 7.62. The monoisotopic (exact) mass is 237 g/mol. The highest BCUT2D eigenvalue weighted by atomic mass is 32.2. The van der Waals surface area contributed by atoms with Crippen molar-refractivity contribution >= 4 is 15.4 Å². The van der Waals surface area contributed by atoms with Gasteiger partial charge in [-0.15, -0.1) is 0 Å². The molecule has 0 aromatic heterocycles. The summed E-state index contributed by atoms with van der Waals surface area (Å²) in [7, 11) is -2.85. The summed E-state index contributed by atoms with van der Waals surface area (Å²) in [5.41, 5.74) is 8.95. The molecule has 0 fully saturated rings. The largest absolute Gasteiger partial charge is 0.326 e. The maximum atomic E-state index is 11.3. The Hall–Kier alpha value is -1.13.